The molecule has 0 radical (unpaired) electrons. The summed E-state index contributed by atoms with van der Waals surface area (Å²) in [4.78, 5) is 34.7. The molecule has 1 atom stereocenters. The Balaban J connectivity index is 1.74. The number of aromatic amines is 1. The number of nitrogens with one attached hydrogen (secondary N) is 1. The molecule has 1 fully saturated rings. The first-order valence-corrected chi connectivity index (χ1v) is 8.44. The molecule has 2 aromatic heterocycles. The number of H-pyrrole nitrogens is 1. The number of amides is 1. The highest BCUT2D eigenvalue weighted by Crippen LogP contribution is 2.33. The summed E-state index contributed by atoms with van der Waals surface area (Å²) in [7, 11) is 0. The average Bonchev–Trinajstić information content (AvgIpc) is 3.26. The van der Waals surface area contributed by atoms with Crippen molar-refractivity contribution in [3.8, 4) is 0 Å². The molecule has 1 aliphatic rings. The van der Waals surface area contributed by atoms with Crippen molar-refractivity contribution in [3.63, 3.8) is 0 Å². The second-order valence-electron chi connectivity index (χ2n) is 5.60. The monoisotopic (exact) mass is 325 g/mol. The Bertz CT molecular complexity index is 917. The number of likely N-dealkylation sites (tertiary alicyclic amines) is 1. The molecular weight excluding hydrogens is 310 g/mol. The molecule has 5 nitrogen and oxygen atoms in total. The average molecular weight is 325 g/mol. The number of benzene rings is 1. The number of thiazole rings is 1. The Kier molecular flexibility index (Phi) is 3.46. The number of hydrogen-bond acceptors (Lipinski definition) is 4. The minimum atomic E-state index is -0.214. The maximum absolute atomic E-state index is 12.9. The van der Waals surface area contributed by atoms with Crippen molar-refractivity contribution >= 4 is 28.1 Å². The van der Waals surface area contributed by atoms with E-state index in [4.69, 9.17) is 0 Å². The number of pyridine rings is 1. The lowest BCUT2D eigenvalue weighted by Crippen LogP contribution is -2.34. The first-order chi connectivity index (χ1) is 11.3. The molecule has 3 aromatic rings. The van der Waals surface area contributed by atoms with E-state index in [-0.39, 0.29) is 22.9 Å². The molecule has 6 heteroatoms. The molecule has 4 rings (SSSR count). The van der Waals surface area contributed by atoms with E-state index in [0.717, 1.165) is 23.4 Å². The second-order valence-corrected chi connectivity index (χ2v) is 6.53. The Morgan fingerprint density at radius 3 is 3.04 bits per heavy atom. The molecule has 23 heavy (non-hydrogen) atoms. The van der Waals surface area contributed by atoms with Gasteiger partial charge in [-0.3, -0.25) is 9.59 Å². The van der Waals surface area contributed by atoms with Crippen LogP contribution >= 0.6 is 11.3 Å². The van der Waals surface area contributed by atoms with Gasteiger partial charge in [-0.05, 0) is 25.0 Å². The quantitative estimate of drug-likeness (QED) is 0.788. The summed E-state index contributed by atoms with van der Waals surface area (Å²) < 4.78 is 0. The van der Waals surface area contributed by atoms with Crippen LogP contribution in [0.3, 0.4) is 0 Å². The third kappa shape index (κ3) is 2.35. The van der Waals surface area contributed by atoms with Crippen LogP contribution in [0.4, 0.5) is 0 Å². The molecule has 1 unspecified atom stereocenters. The molecule has 1 aliphatic heterocycles. The highest BCUT2D eigenvalue weighted by Gasteiger charge is 2.33. The Labute approximate surface area is 136 Å². The van der Waals surface area contributed by atoms with Crippen molar-refractivity contribution in [2.75, 3.05) is 6.54 Å². The van der Waals surface area contributed by atoms with Crippen LogP contribution in [0.1, 0.15) is 34.2 Å². The summed E-state index contributed by atoms with van der Waals surface area (Å²) in [6.07, 6.45) is 5.11. The Morgan fingerprint density at radius 2 is 2.22 bits per heavy atom. The van der Waals surface area contributed by atoms with Crippen LogP contribution in [0.2, 0.25) is 0 Å². The minimum Gasteiger partial charge on any atom is -0.360 e. The third-order valence-corrected chi connectivity index (χ3v) is 5.15. The van der Waals surface area contributed by atoms with Crippen LogP contribution in [-0.4, -0.2) is 27.3 Å². The highest BCUT2D eigenvalue weighted by atomic mass is 32.1. The maximum atomic E-state index is 12.9. The zero-order valence-corrected chi connectivity index (χ0v) is 13.2. The zero-order chi connectivity index (χ0) is 15.8. The molecule has 0 saturated carbocycles. The normalized spacial score (nSPS) is 17.7. The summed E-state index contributed by atoms with van der Waals surface area (Å²) >= 11 is 1.55. The molecule has 0 aliphatic carbocycles. The predicted molar refractivity (Wildman–Crippen MR) is 89.7 cm³/mol. The van der Waals surface area contributed by atoms with E-state index in [9.17, 15) is 9.59 Å². The number of carbonyl (C=O) groups excluding carboxylic acids is 1. The number of hydrogen-bond donors (Lipinski definition) is 1. The lowest BCUT2D eigenvalue weighted by molar-refractivity contribution is 0.0734. The standard InChI is InChI=1S/C17H15N3O2S/c21-15-11-4-1-2-5-13(11)19-10-12(15)17(22)20-8-3-6-14(20)16-18-7-9-23-16/h1-2,4-5,7,9-10,14H,3,6,8H2,(H,19,21). The largest absolute Gasteiger partial charge is 0.360 e. The van der Waals surface area contributed by atoms with Gasteiger partial charge in [-0.2, -0.15) is 0 Å². The SMILES string of the molecule is O=C(c1c[nH]c2ccccc2c1=O)N1CCCC1c1nccs1. The van der Waals surface area contributed by atoms with Crippen LogP contribution in [-0.2, 0) is 0 Å². The number of rotatable bonds is 2. The summed E-state index contributed by atoms with van der Waals surface area (Å²) in [6, 6.07) is 7.22. The van der Waals surface area contributed by atoms with Crippen molar-refractivity contribution in [1.29, 1.82) is 0 Å². The lowest BCUT2D eigenvalue weighted by Gasteiger charge is -2.22. The fourth-order valence-corrected chi connectivity index (χ4v) is 3.93. The highest BCUT2D eigenvalue weighted by molar-refractivity contribution is 7.09. The number of nitrogens with zero attached hydrogens (tertiary/aromatic N) is 2. The smallest absolute Gasteiger partial charge is 0.259 e. The Hall–Kier alpha value is -2.47. The molecule has 3 heterocycles. The number of fused-ring (bicyclic) bond motifs is 1. The van der Waals surface area contributed by atoms with Crippen molar-refractivity contribution in [2.45, 2.75) is 18.9 Å². The number of para-hydroxylation sites is 1. The van der Waals surface area contributed by atoms with Gasteiger partial charge in [0.25, 0.3) is 5.91 Å². The first kappa shape index (κ1) is 14.1. The van der Waals surface area contributed by atoms with Gasteiger partial charge < -0.3 is 9.88 Å². The van der Waals surface area contributed by atoms with Gasteiger partial charge >= 0.3 is 0 Å². The second kappa shape index (κ2) is 5.62. The van der Waals surface area contributed by atoms with Crippen LogP contribution in [0.15, 0.2) is 46.8 Å². The van der Waals surface area contributed by atoms with Crippen molar-refractivity contribution < 1.29 is 4.79 Å². The van der Waals surface area contributed by atoms with Gasteiger partial charge in [-0.15, -0.1) is 11.3 Å². The van der Waals surface area contributed by atoms with Gasteiger partial charge in [0.15, 0.2) is 0 Å². The molecule has 0 spiro atoms. The van der Waals surface area contributed by atoms with Gasteiger partial charge in [0.2, 0.25) is 5.43 Å². The number of aromatic nitrogens is 2. The summed E-state index contributed by atoms with van der Waals surface area (Å²) in [5.41, 5.74) is 0.730. The van der Waals surface area contributed by atoms with E-state index < -0.39 is 0 Å². The van der Waals surface area contributed by atoms with Crippen molar-refractivity contribution in [1.82, 2.24) is 14.9 Å². The minimum absolute atomic E-state index is 0.0200. The maximum Gasteiger partial charge on any atom is 0.259 e. The molecule has 1 aromatic carbocycles. The summed E-state index contributed by atoms with van der Waals surface area (Å²) in [6.45, 7) is 0.662. The third-order valence-electron chi connectivity index (χ3n) is 4.27. The van der Waals surface area contributed by atoms with Gasteiger partial charge in [0.1, 0.15) is 10.6 Å². The number of carbonyl (C=O) groups is 1. The zero-order valence-electron chi connectivity index (χ0n) is 12.4. The molecule has 1 amide bonds. The topological polar surface area (TPSA) is 66.1 Å². The van der Waals surface area contributed by atoms with Crippen molar-refractivity contribution in [3.05, 3.63) is 62.8 Å². The van der Waals surface area contributed by atoms with Crippen LogP contribution in [0.5, 0.6) is 0 Å². The van der Waals surface area contributed by atoms with E-state index in [1.165, 1.54) is 6.20 Å². The fraction of sp³-hybridized carbons (Fsp3) is 0.235. The van der Waals surface area contributed by atoms with E-state index in [0.29, 0.717) is 11.9 Å². The fourth-order valence-electron chi connectivity index (χ4n) is 3.15. The molecular formula is C17H15N3O2S. The molecule has 1 N–H and O–H groups in total. The molecule has 0 bridgehead atoms. The molecule has 1 saturated heterocycles. The van der Waals surface area contributed by atoms with Crippen molar-refractivity contribution in [2.24, 2.45) is 0 Å². The van der Waals surface area contributed by atoms with E-state index in [1.54, 1.807) is 34.6 Å². The lowest BCUT2D eigenvalue weighted by atomic mass is 10.1. The van der Waals surface area contributed by atoms with Gasteiger partial charge in [-0.25, -0.2) is 4.98 Å². The van der Waals surface area contributed by atoms with Gasteiger partial charge in [0, 0.05) is 35.2 Å². The summed E-state index contributed by atoms with van der Waals surface area (Å²) in [5.74, 6) is -0.213. The van der Waals surface area contributed by atoms with E-state index in [2.05, 4.69) is 9.97 Å². The van der Waals surface area contributed by atoms with Crippen LogP contribution in [0.25, 0.3) is 10.9 Å². The van der Waals surface area contributed by atoms with Gasteiger partial charge in [-0.1, -0.05) is 12.1 Å². The van der Waals surface area contributed by atoms with Crippen LogP contribution < -0.4 is 5.43 Å². The predicted octanol–water partition coefficient (Wildman–Crippen LogP) is 2.96. The Morgan fingerprint density at radius 1 is 1.35 bits per heavy atom. The van der Waals surface area contributed by atoms with Gasteiger partial charge in [0.05, 0.1) is 6.04 Å². The van der Waals surface area contributed by atoms with Crippen LogP contribution in [0, 0.1) is 0 Å². The molecule has 116 valence electrons. The van der Waals surface area contributed by atoms with E-state index >= 15 is 0 Å². The van der Waals surface area contributed by atoms with E-state index in [1.807, 2.05) is 17.5 Å². The first-order valence-electron chi connectivity index (χ1n) is 7.56. The summed E-state index contributed by atoms with van der Waals surface area (Å²) in [5, 5.41) is 3.40.